The molecule has 1 fully saturated rings. The first-order valence-electron chi connectivity index (χ1n) is 12.9. The fraction of sp³-hybridized carbons (Fsp3) is 0.538. The van der Waals surface area contributed by atoms with Crippen LogP contribution in [0.2, 0.25) is 0 Å². The number of rotatable bonds is 11. The fourth-order valence-corrected chi connectivity index (χ4v) is 4.57. The van der Waals surface area contributed by atoms with E-state index in [0.29, 0.717) is 67.8 Å². The molecule has 0 aliphatic carbocycles. The molecule has 0 radical (unpaired) electrons. The van der Waals surface area contributed by atoms with Gasteiger partial charge in [0.05, 0.1) is 29.9 Å². The van der Waals surface area contributed by atoms with Gasteiger partial charge < -0.3 is 19.5 Å². The number of anilines is 1. The van der Waals surface area contributed by atoms with Crippen LogP contribution in [0.3, 0.4) is 0 Å². The first kappa shape index (κ1) is 25.8. The number of oxazole rings is 1. The molecule has 0 saturated carbocycles. The summed E-state index contributed by atoms with van der Waals surface area (Å²) in [6.45, 7) is 10.4. The molecule has 10 nitrogen and oxygen atoms in total. The van der Waals surface area contributed by atoms with E-state index in [1.807, 2.05) is 17.6 Å². The fourth-order valence-electron chi connectivity index (χ4n) is 4.57. The van der Waals surface area contributed by atoms with E-state index in [4.69, 9.17) is 19.9 Å². The highest BCUT2D eigenvalue weighted by Gasteiger charge is 2.24. The lowest BCUT2D eigenvalue weighted by molar-refractivity contribution is 0.0343. The van der Waals surface area contributed by atoms with E-state index in [1.165, 1.54) is 0 Å². The van der Waals surface area contributed by atoms with E-state index >= 15 is 0 Å². The first-order chi connectivity index (χ1) is 17.4. The highest BCUT2D eigenvalue weighted by atomic mass is 16.5. The molecule has 10 heteroatoms. The van der Waals surface area contributed by atoms with Crippen LogP contribution in [0.25, 0.3) is 11.0 Å². The summed E-state index contributed by atoms with van der Waals surface area (Å²) in [5.74, 6) is 0.337. The number of carbonyl (C=O) groups is 2. The van der Waals surface area contributed by atoms with Crippen LogP contribution in [-0.2, 0) is 30.7 Å². The number of nitrogens with two attached hydrogens (primary N) is 1. The summed E-state index contributed by atoms with van der Waals surface area (Å²) in [4.78, 5) is 36.9. The average Bonchev–Trinajstić information content (AvgIpc) is 3.45. The lowest BCUT2D eigenvalue weighted by Crippen LogP contribution is -2.35. The largest absolute Gasteiger partial charge is 0.435 e. The molecule has 1 saturated heterocycles. The molecule has 1 aromatic carbocycles. The number of carbonyl (C=O) groups excluding carboxylic acids is 2. The Morgan fingerprint density at radius 1 is 1.11 bits per heavy atom. The normalized spacial score (nSPS) is 14.4. The smallest absolute Gasteiger partial charge is 0.295 e. The number of amides is 2. The number of nitrogens with zero attached hydrogens (tertiary/aromatic N) is 4. The second-order valence-electron chi connectivity index (χ2n) is 9.14. The van der Waals surface area contributed by atoms with Crippen molar-refractivity contribution in [2.75, 3.05) is 31.6 Å². The highest BCUT2D eigenvalue weighted by molar-refractivity contribution is 6.03. The number of hydrogen-bond acceptors (Lipinski definition) is 7. The van der Waals surface area contributed by atoms with E-state index in [-0.39, 0.29) is 11.7 Å². The third kappa shape index (κ3) is 5.60. The van der Waals surface area contributed by atoms with Crippen molar-refractivity contribution in [1.29, 1.82) is 0 Å². The summed E-state index contributed by atoms with van der Waals surface area (Å²) < 4.78 is 13.3. The summed E-state index contributed by atoms with van der Waals surface area (Å²) >= 11 is 0. The molecule has 0 atom stereocenters. The Balaban J connectivity index is 1.72. The standard InChI is InChI=1S/C26H36N6O4/c1-4-7-8-21-28-19(6-3)23(36-21)25(34)30-26-29-20-15-17(24(27)33)14-18(22(20)32(26)9-5-2)16-31-10-12-35-13-11-31/h14-15H,4-13,16H2,1-3H3,(H2,27,33)(H,29,30,34). The van der Waals surface area contributed by atoms with Crippen molar-refractivity contribution in [3.8, 4) is 0 Å². The number of ether oxygens (including phenoxy) is 1. The number of unbranched alkanes of at least 4 members (excludes halogenated alkanes) is 1. The summed E-state index contributed by atoms with van der Waals surface area (Å²) in [7, 11) is 0. The minimum absolute atomic E-state index is 0.227. The van der Waals surface area contributed by atoms with Crippen molar-refractivity contribution in [2.24, 2.45) is 5.73 Å². The van der Waals surface area contributed by atoms with Gasteiger partial charge in [0.2, 0.25) is 17.6 Å². The van der Waals surface area contributed by atoms with Gasteiger partial charge >= 0.3 is 0 Å². The molecule has 2 amide bonds. The van der Waals surface area contributed by atoms with E-state index < -0.39 is 5.91 Å². The Bertz CT molecular complexity index is 1220. The number of benzene rings is 1. The zero-order valence-electron chi connectivity index (χ0n) is 21.4. The van der Waals surface area contributed by atoms with Crippen LogP contribution < -0.4 is 11.1 Å². The first-order valence-corrected chi connectivity index (χ1v) is 12.9. The van der Waals surface area contributed by atoms with E-state index in [0.717, 1.165) is 43.4 Å². The monoisotopic (exact) mass is 496 g/mol. The van der Waals surface area contributed by atoms with Crippen LogP contribution in [0.4, 0.5) is 5.95 Å². The Hall–Kier alpha value is -3.24. The van der Waals surface area contributed by atoms with Gasteiger partial charge in [-0.15, -0.1) is 0 Å². The second-order valence-corrected chi connectivity index (χ2v) is 9.14. The topological polar surface area (TPSA) is 129 Å². The molecule has 3 N–H and O–H groups in total. The Morgan fingerprint density at radius 3 is 2.56 bits per heavy atom. The van der Waals surface area contributed by atoms with Crippen LogP contribution >= 0.6 is 0 Å². The molecule has 36 heavy (non-hydrogen) atoms. The number of morpholine rings is 1. The van der Waals surface area contributed by atoms with Crippen LogP contribution in [0.1, 0.15) is 78.1 Å². The molecule has 1 aliphatic heterocycles. The maximum absolute atomic E-state index is 13.3. The van der Waals surface area contributed by atoms with Gasteiger partial charge in [-0.25, -0.2) is 9.97 Å². The third-order valence-corrected chi connectivity index (χ3v) is 6.40. The van der Waals surface area contributed by atoms with E-state index in [1.54, 1.807) is 6.07 Å². The minimum atomic E-state index is -0.510. The van der Waals surface area contributed by atoms with Crippen molar-refractivity contribution in [1.82, 2.24) is 19.4 Å². The number of aromatic nitrogens is 3. The highest BCUT2D eigenvalue weighted by Crippen LogP contribution is 2.28. The summed E-state index contributed by atoms with van der Waals surface area (Å²) in [5.41, 5.74) is 9.13. The summed E-state index contributed by atoms with van der Waals surface area (Å²) in [6, 6.07) is 3.53. The SMILES string of the molecule is CCCCc1nc(CC)c(C(=O)Nc2nc3cc(C(N)=O)cc(CN4CCOCC4)c3n2CCC)o1. The lowest BCUT2D eigenvalue weighted by atomic mass is 10.1. The lowest BCUT2D eigenvalue weighted by Gasteiger charge is -2.27. The summed E-state index contributed by atoms with van der Waals surface area (Å²) in [6.07, 6.45) is 4.10. The zero-order valence-corrected chi connectivity index (χ0v) is 21.4. The van der Waals surface area contributed by atoms with Crippen LogP contribution in [-0.4, -0.2) is 57.6 Å². The van der Waals surface area contributed by atoms with Gasteiger partial charge in [0.25, 0.3) is 5.91 Å². The van der Waals surface area contributed by atoms with Gasteiger partial charge in [-0.2, -0.15) is 0 Å². The molecule has 3 heterocycles. The number of aryl methyl sites for hydroxylation is 3. The number of imidazole rings is 1. The number of primary amides is 1. The van der Waals surface area contributed by atoms with Crippen molar-refractivity contribution in [3.63, 3.8) is 0 Å². The van der Waals surface area contributed by atoms with Gasteiger partial charge in [0, 0.05) is 38.2 Å². The van der Waals surface area contributed by atoms with Gasteiger partial charge in [0.15, 0.2) is 5.89 Å². The van der Waals surface area contributed by atoms with Crippen molar-refractivity contribution < 1.29 is 18.7 Å². The Kier molecular flexibility index (Phi) is 8.37. The predicted octanol–water partition coefficient (Wildman–Crippen LogP) is 3.52. The van der Waals surface area contributed by atoms with E-state index in [2.05, 4.69) is 29.0 Å². The molecule has 0 unspecified atom stereocenters. The Morgan fingerprint density at radius 2 is 1.89 bits per heavy atom. The van der Waals surface area contributed by atoms with Gasteiger partial charge in [-0.05, 0) is 37.0 Å². The maximum Gasteiger partial charge on any atom is 0.295 e. The quantitative estimate of drug-likeness (QED) is 0.415. The molecule has 1 aliphatic rings. The molecular formula is C26H36N6O4. The van der Waals surface area contributed by atoms with Crippen LogP contribution in [0.5, 0.6) is 0 Å². The van der Waals surface area contributed by atoms with Crippen LogP contribution in [0, 0.1) is 0 Å². The number of hydrogen-bond donors (Lipinski definition) is 2. The molecule has 194 valence electrons. The van der Waals surface area contributed by atoms with E-state index in [9.17, 15) is 9.59 Å². The predicted molar refractivity (Wildman–Crippen MR) is 137 cm³/mol. The van der Waals surface area contributed by atoms with Gasteiger partial charge in [0.1, 0.15) is 0 Å². The third-order valence-electron chi connectivity index (χ3n) is 6.40. The minimum Gasteiger partial charge on any atom is -0.435 e. The molecule has 4 rings (SSSR count). The van der Waals surface area contributed by atoms with Gasteiger partial charge in [-0.1, -0.05) is 27.2 Å². The van der Waals surface area contributed by atoms with Crippen molar-refractivity contribution >= 4 is 28.8 Å². The molecule has 3 aromatic rings. The molecule has 0 bridgehead atoms. The second kappa shape index (κ2) is 11.7. The Labute approximate surface area is 211 Å². The van der Waals surface area contributed by atoms with Gasteiger partial charge in [-0.3, -0.25) is 19.8 Å². The molecule has 2 aromatic heterocycles. The molecular weight excluding hydrogens is 460 g/mol. The van der Waals surface area contributed by atoms with Crippen LogP contribution in [0.15, 0.2) is 16.5 Å². The number of fused-ring (bicyclic) bond motifs is 1. The molecule has 0 spiro atoms. The maximum atomic E-state index is 13.3. The van der Waals surface area contributed by atoms with Crippen molar-refractivity contribution in [3.05, 3.63) is 40.6 Å². The van der Waals surface area contributed by atoms with Crippen molar-refractivity contribution in [2.45, 2.75) is 66.0 Å². The number of nitrogens with one attached hydrogen (secondary N) is 1. The summed E-state index contributed by atoms with van der Waals surface area (Å²) in [5, 5.41) is 2.95. The average molecular weight is 497 g/mol. The zero-order chi connectivity index (χ0) is 25.7.